The number of rotatable bonds is 7. The Kier molecular flexibility index (Phi) is 7.25. The van der Waals surface area contributed by atoms with Gasteiger partial charge in [-0.05, 0) is 19.4 Å². The molecule has 0 aliphatic rings. The zero-order valence-corrected chi connectivity index (χ0v) is 10.0. The van der Waals surface area contributed by atoms with Gasteiger partial charge < -0.3 is 11.5 Å². The minimum absolute atomic E-state index is 0.287. The first kappa shape index (κ1) is 15.0. The summed E-state index contributed by atoms with van der Waals surface area (Å²) < 4.78 is 33.4. The Morgan fingerprint density at radius 1 is 1.33 bits per heavy atom. The van der Waals surface area contributed by atoms with Crippen LogP contribution >= 0.6 is 0 Å². The number of unbranched alkanes of at least 4 members (excludes halogenated alkanes) is 1. The van der Waals surface area contributed by atoms with Gasteiger partial charge in [0.05, 0.1) is 0 Å². The zero-order valence-electron chi connectivity index (χ0n) is 7.89. The molecule has 9 heteroatoms. The molecule has 0 saturated carbocycles. The third-order valence-corrected chi connectivity index (χ3v) is 2.08. The van der Waals surface area contributed by atoms with Crippen molar-refractivity contribution in [2.24, 2.45) is 11.5 Å². The molecule has 8 nitrogen and oxygen atoms in total. The van der Waals surface area contributed by atoms with E-state index in [-0.39, 0.29) is 6.42 Å². The lowest BCUT2D eigenvalue weighted by atomic mass is 10.1. The molecule has 0 bridgehead atoms. The van der Waals surface area contributed by atoms with E-state index in [9.17, 15) is 15.1 Å². The lowest BCUT2D eigenvalue weighted by molar-refractivity contribution is -1.93. The van der Waals surface area contributed by atoms with Crippen molar-refractivity contribution in [1.82, 2.24) is 0 Å². The van der Waals surface area contributed by atoms with Crippen LogP contribution in [0.1, 0.15) is 19.3 Å². The van der Waals surface area contributed by atoms with Crippen molar-refractivity contribution in [2.75, 3.05) is 6.54 Å². The summed E-state index contributed by atoms with van der Waals surface area (Å²) in [4.78, 5) is 14.6. The van der Waals surface area contributed by atoms with Crippen LogP contribution in [0.3, 0.4) is 0 Å². The van der Waals surface area contributed by atoms with Crippen molar-refractivity contribution in [2.45, 2.75) is 25.3 Å². The second-order valence-electron chi connectivity index (χ2n) is 2.73. The largest absolute Gasteiger partial charge is 0.438 e. The maximum atomic E-state index is 10.9. The van der Waals surface area contributed by atoms with E-state index in [1.807, 2.05) is 0 Å². The van der Waals surface area contributed by atoms with E-state index in [1.54, 1.807) is 0 Å². The third-order valence-electron chi connectivity index (χ3n) is 1.46. The van der Waals surface area contributed by atoms with Gasteiger partial charge in [0.1, 0.15) is 6.04 Å². The molecule has 0 aliphatic carbocycles. The Labute approximate surface area is 92.8 Å². The van der Waals surface area contributed by atoms with Crippen molar-refractivity contribution in [1.29, 1.82) is 0 Å². The molecule has 1 atom stereocenters. The van der Waals surface area contributed by atoms with Gasteiger partial charge in [-0.1, -0.05) is 6.42 Å². The van der Waals surface area contributed by atoms with Crippen LogP contribution in [-0.2, 0) is 12.9 Å². The van der Waals surface area contributed by atoms with Gasteiger partial charge in [-0.15, -0.1) is 0 Å². The monoisotopic (exact) mass is 336 g/mol. The molecule has 0 aromatic carbocycles. The average Bonchev–Trinajstić information content (AvgIpc) is 2.13. The van der Waals surface area contributed by atoms with Gasteiger partial charge in [-0.3, -0.25) is 10.3 Å². The van der Waals surface area contributed by atoms with Crippen LogP contribution in [0, 0.1) is 0 Å². The Morgan fingerprint density at radius 3 is 2.40 bits per heavy atom. The summed E-state index contributed by atoms with van der Waals surface area (Å²) >= 11 is -5.96. The van der Waals surface area contributed by atoms with Crippen molar-refractivity contribution >= 4 is 5.97 Å². The number of hydrogen-bond acceptors (Lipinski definition) is 8. The Hall–Kier alpha value is -0.0400. The summed E-state index contributed by atoms with van der Waals surface area (Å²) in [6, 6.07) is -1.01. The molecule has 0 rings (SSSR count). The summed E-state index contributed by atoms with van der Waals surface area (Å²) in [5.74, 6) is -1.08. The Morgan fingerprint density at radius 2 is 1.93 bits per heavy atom. The van der Waals surface area contributed by atoms with Crippen molar-refractivity contribution in [3.8, 4) is 0 Å². The summed E-state index contributed by atoms with van der Waals surface area (Å²) in [5.41, 5.74) is 10.5. The van der Waals surface area contributed by atoms with Crippen LogP contribution < -0.4 is 41.9 Å². The Bertz CT molecular complexity index is 197. The molecule has 0 aromatic rings. The maximum Gasteiger partial charge on any atom is 0.438 e. The number of nitrogens with two attached hydrogens (primary N) is 2. The highest BCUT2D eigenvalue weighted by Gasteiger charge is 2.33. The van der Waals surface area contributed by atoms with E-state index in [1.165, 1.54) is 0 Å². The smallest absolute Gasteiger partial charge is 0.330 e. The van der Waals surface area contributed by atoms with Gasteiger partial charge in [0.15, 0.2) is 0 Å². The van der Waals surface area contributed by atoms with E-state index in [0.29, 0.717) is 19.4 Å². The van der Waals surface area contributed by atoms with Crippen LogP contribution in [0.25, 0.3) is 0 Å². The van der Waals surface area contributed by atoms with Crippen LogP contribution in [-0.4, -0.2) is 18.6 Å². The molecule has 15 heavy (non-hydrogen) atoms. The van der Waals surface area contributed by atoms with Crippen molar-refractivity contribution < 1.29 is 43.3 Å². The van der Waals surface area contributed by atoms with E-state index in [2.05, 4.69) is 8.10 Å². The second-order valence-corrected chi connectivity index (χ2v) is 5.25. The zero-order chi connectivity index (χ0) is 11.9. The summed E-state index contributed by atoms with van der Waals surface area (Å²) in [5, 5.41) is 0. The van der Waals surface area contributed by atoms with Crippen molar-refractivity contribution in [3.05, 3.63) is 0 Å². The molecule has 4 N–H and O–H groups in total. The van der Waals surface area contributed by atoms with Gasteiger partial charge in [0.25, 0.3) is 3.22 Å². The lowest BCUT2D eigenvalue weighted by Gasteiger charge is -2.07. The SMILES string of the molecule is NCCCCC(N)C(=O)OO[I+3]([O-])([O-])[O-]. The van der Waals surface area contributed by atoms with E-state index >= 15 is 0 Å². The molecule has 1 unspecified atom stereocenters. The molecule has 0 amide bonds. The summed E-state index contributed by atoms with van der Waals surface area (Å²) in [6.07, 6.45) is 1.58. The summed E-state index contributed by atoms with van der Waals surface area (Å²) in [7, 11) is 0. The Balaban J connectivity index is 3.70. The molecule has 0 fully saturated rings. The minimum atomic E-state index is -5.96. The molecule has 0 heterocycles. The maximum absolute atomic E-state index is 10.9. The highest BCUT2D eigenvalue weighted by Crippen LogP contribution is 1.99. The first-order chi connectivity index (χ1) is 6.87. The third kappa shape index (κ3) is 8.92. The van der Waals surface area contributed by atoms with Gasteiger partial charge in [0, 0.05) is 0 Å². The lowest BCUT2D eigenvalue weighted by Crippen LogP contribution is -4.24. The van der Waals surface area contributed by atoms with Crippen LogP contribution in [0.5, 0.6) is 0 Å². The number of carbonyl (C=O) groups excluding carboxylic acids is 1. The van der Waals surface area contributed by atoms with Gasteiger partial charge in [-0.25, -0.2) is 4.79 Å². The summed E-state index contributed by atoms with van der Waals surface area (Å²) in [6.45, 7) is 0.470. The first-order valence-corrected chi connectivity index (χ1v) is 7.65. The van der Waals surface area contributed by atoms with E-state index in [0.717, 1.165) is 0 Å². The van der Waals surface area contributed by atoms with E-state index in [4.69, 9.17) is 11.5 Å². The molecule has 0 radical (unpaired) electrons. The fraction of sp³-hybridized carbons (Fsp3) is 0.833. The van der Waals surface area contributed by atoms with Crippen molar-refractivity contribution in [3.63, 3.8) is 0 Å². The van der Waals surface area contributed by atoms with E-state index < -0.39 is 32.1 Å². The average molecular weight is 336 g/mol. The molecular formula is C6H13IN2O6. The molecule has 90 valence electrons. The first-order valence-electron chi connectivity index (χ1n) is 4.13. The number of carbonyl (C=O) groups is 1. The minimum Gasteiger partial charge on any atom is -0.330 e. The predicted octanol–water partition coefficient (Wildman–Crippen LogP) is -7.18. The standard InChI is InChI=1S/C6H13IN2O6/c8-4-2-1-3-5(9)6(10)14-15-7(11,12)13/h5H,1-4,8-9H2. The predicted molar refractivity (Wildman–Crippen MR) is 38.1 cm³/mol. The highest BCUT2D eigenvalue weighted by atomic mass is 127. The number of halogens is 1. The fourth-order valence-corrected chi connectivity index (χ4v) is 1.16. The second kappa shape index (κ2) is 7.27. The molecule has 0 saturated heterocycles. The topological polar surface area (TPSA) is 157 Å². The molecule has 0 aromatic heterocycles. The van der Waals surface area contributed by atoms with Crippen LogP contribution in [0.2, 0.25) is 0 Å². The van der Waals surface area contributed by atoms with Gasteiger partial charge in [0.2, 0.25) is 0 Å². The molecule has 0 aliphatic heterocycles. The quantitative estimate of drug-likeness (QED) is 0.201. The molecular weight excluding hydrogens is 323 g/mol. The normalized spacial score (nSPS) is 13.7. The number of hydrogen-bond donors (Lipinski definition) is 2. The highest BCUT2D eigenvalue weighted by molar-refractivity contribution is 5.74. The molecule has 0 spiro atoms. The fourth-order valence-electron chi connectivity index (χ4n) is 0.758. The van der Waals surface area contributed by atoms with Gasteiger partial charge in [-0.2, -0.15) is 4.89 Å². The van der Waals surface area contributed by atoms with Crippen LogP contribution in [0.4, 0.5) is 0 Å². The van der Waals surface area contributed by atoms with Crippen LogP contribution in [0.15, 0.2) is 0 Å². The van der Waals surface area contributed by atoms with Gasteiger partial charge >= 0.3 is 26.1 Å².